The molecular weight excluding hydrogens is 409 g/mol. The fourth-order valence-electron chi connectivity index (χ4n) is 3.37. The predicted octanol–water partition coefficient (Wildman–Crippen LogP) is 4.38. The lowest BCUT2D eigenvalue weighted by Crippen LogP contribution is -2.30. The highest BCUT2D eigenvalue weighted by Crippen LogP contribution is 2.32. The smallest absolute Gasteiger partial charge is 0.305 e. The molecule has 0 saturated carbocycles. The number of hydrogen-bond donors (Lipinski definition) is 1. The van der Waals surface area contributed by atoms with E-state index in [1.54, 1.807) is 11.3 Å². The molecule has 0 radical (unpaired) electrons. The average Bonchev–Trinajstić information content (AvgIpc) is 3.20. The zero-order chi connectivity index (χ0) is 21.1. The minimum absolute atomic E-state index is 0.0440. The quantitative estimate of drug-likeness (QED) is 0.466. The van der Waals surface area contributed by atoms with E-state index in [0.29, 0.717) is 5.69 Å². The molecule has 4 rings (SSSR count). The van der Waals surface area contributed by atoms with Crippen LogP contribution in [0.4, 0.5) is 21.5 Å². The molecule has 0 saturated heterocycles. The SMILES string of the molecule is O=C(COc1ccc([N+](=O)[O-])c(F)c1)Nc1ccccc1N1CCc2sccc2C1. The van der Waals surface area contributed by atoms with E-state index in [2.05, 4.69) is 21.7 Å². The van der Waals surface area contributed by atoms with Crippen LogP contribution in [0.25, 0.3) is 0 Å². The second kappa shape index (κ2) is 8.50. The van der Waals surface area contributed by atoms with Gasteiger partial charge in [0.15, 0.2) is 6.61 Å². The van der Waals surface area contributed by atoms with Crippen LogP contribution in [-0.2, 0) is 17.8 Å². The molecule has 0 spiro atoms. The number of benzene rings is 2. The van der Waals surface area contributed by atoms with E-state index in [0.717, 1.165) is 37.3 Å². The number of amides is 1. The summed E-state index contributed by atoms with van der Waals surface area (Å²) in [6, 6.07) is 12.8. The summed E-state index contributed by atoms with van der Waals surface area (Å²) in [6.07, 6.45) is 0.962. The van der Waals surface area contributed by atoms with Gasteiger partial charge in [0.1, 0.15) is 5.75 Å². The summed E-state index contributed by atoms with van der Waals surface area (Å²) in [7, 11) is 0. The second-order valence-electron chi connectivity index (χ2n) is 6.76. The Morgan fingerprint density at radius 2 is 2.10 bits per heavy atom. The van der Waals surface area contributed by atoms with E-state index >= 15 is 0 Å². The third-order valence-corrected chi connectivity index (χ3v) is 5.84. The van der Waals surface area contributed by atoms with Crippen molar-refractivity contribution in [2.24, 2.45) is 0 Å². The number of rotatable bonds is 6. The van der Waals surface area contributed by atoms with Crippen LogP contribution < -0.4 is 15.0 Å². The number of para-hydroxylation sites is 2. The molecule has 7 nitrogen and oxygen atoms in total. The first kappa shape index (κ1) is 19.8. The van der Waals surface area contributed by atoms with Crippen molar-refractivity contribution in [3.8, 4) is 5.75 Å². The van der Waals surface area contributed by atoms with Crippen molar-refractivity contribution in [2.75, 3.05) is 23.4 Å². The van der Waals surface area contributed by atoms with E-state index in [-0.39, 0.29) is 12.4 Å². The number of carbonyl (C=O) groups excluding carboxylic acids is 1. The van der Waals surface area contributed by atoms with Gasteiger partial charge in [0.25, 0.3) is 5.91 Å². The highest BCUT2D eigenvalue weighted by atomic mass is 32.1. The average molecular weight is 427 g/mol. The summed E-state index contributed by atoms with van der Waals surface area (Å²) in [5.74, 6) is -1.38. The number of hydrogen-bond acceptors (Lipinski definition) is 6. The van der Waals surface area contributed by atoms with Gasteiger partial charge in [0, 0.05) is 30.1 Å². The number of thiophene rings is 1. The third-order valence-electron chi connectivity index (χ3n) is 4.81. The molecule has 30 heavy (non-hydrogen) atoms. The number of nitro benzene ring substituents is 1. The summed E-state index contributed by atoms with van der Waals surface area (Å²) < 4.78 is 19.0. The van der Waals surface area contributed by atoms with Crippen molar-refractivity contribution in [3.63, 3.8) is 0 Å². The molecule has 0 atom stereocenters. The largest absolute Gasteiger partial charge is 0.484 e. The molecule has 2 heterocycles. The van der Waals surface area contributed by atoms with Gasteiger partial charge in [-0.25, -0.2) is 0 Å². The minimum Gasteiger partial charge on any atom is -0.484 e. The number of fused-ring (bicyclic) bond motifs is 1. The molecule has 0 unspecified atom stereocenters. The second-order valence-corrected chi connectivity index (χ2v) is 7.77. The van der Waals surface area contributed by atoms with Gasteiger partial charge in [0.05, 0.1) is 16.3 Å². The van der Waals surface area contributed by atoms with Gasteiger partial charge in [0.2, 0.25) is 5.82 Å². The van der Waals surface area contributed by atoms with Crippen LogP contribution in [0.5, 0.6) is 5.75 Å². The van der Waals surface area contributed by atoms with Gasteiger partial charge >= 0.3 is 5.69 Å². The van der Waals surface area contributed by atoms with Gasteiger partial charge in [-0.3, -0.25) is 14.9 Å². The minimum atomic E-state index is -1.01. The molecule has 1 aliphatic rings. The summed E-state index contributed by atoms with van der Waals surface area (Å²) in [6.45, 7) is 1.30. The van der Waals surface area contributed by atoms with Crippen LogP contribution in [0.15, 0.2) is 53.9 Å². The number of anilines is 2. The maximum Gasteiger partial charge on any atom is 0.305 e. The molecule has 1 aromatic heterocycles. The third kappa shape index (κ3) is 4.25. The van der Waals surface area contributed by atoms with Crippen LogP contribution >= 0.6 is 11.3 Å². The first-order chi connectivity index (χ1) is 14.5. The van der Waals surface area contributed by atoms with Crippen LogP contribution in [0.1, 0.15) is 10.4 Å². The van der Waals surface area contributed by atoms with Crippen molar-refractivity contribution in [1.29, 1.82) is 0 Å². The van der Waals surface area contributed by atoms with E-state index in [9.17, 15) is 19.3 Å². The Bertz CT molecular complexity index is 1100. The van der Waals surface area contributed by atoms with Gasteiger partial charge in [-0.1, -0.05) is 12.1 Å². The van der Waals surface area contributed by atoms with Gasteiger partial charge in [-0.15, -0.1) is 11.3 Å². The summed E-state index contributed by atoms with van der Waals surface area (Å²) in [4.78, 5) is 25.9. The van der Waals surface area contributed by atoms with Gasteiger partial charge < -0.3 is 15.0 Å². The Labute approximate surface area is 175 Å². The maximum atomic E-state index is 13.7. The molecule has 2 aromatic carbocycles. The van der Waals surface area contributed by atoms with Crippen LogP contribution in [0, 0.1) is 15.9 Å². The van der Waals surface area contributed by atoms with Crippen molar-refractivity contribution in [3.05, 3.63) is 80.3 Å². The molecule has 9 heteroatoms. The topological polar surface area (TPSA) is 84.7 Å². The van der Waals surface area contributed by atoms with E-state index in [1.165, 1.54) is 16.5 Å². The first-order valence-electron chi connectivity index (χ1n) is 9.27. The summed E-state index contributed by atoms with van der Waals surface area (Å²) >= 11 is 1.77. The Kier molecular flexibility index (Phi) is 5.62. The van der Waals surface area contributed by atoms with E-state index in [4.69, 9.17) is 4.74 Å². The lowest BCUT2D eigenvalue weighted by Gasteiger charge is -2.30. The Morgan fingerprint density at radius 1 is 1.27 bits per heavy atom. The van der Waals surface area contributed by atoms with Crippen LogP contribution in [0.3, 0.4) is 0 Å². The molecule has 0 aliphatic carbocycles. The number of halogens is 1. The molecular formula is C21H18FN3O4S. The van der Waals surface area contributed by atoms with E-state index in [1.807, 2.05) is 24.3 Å². The molecule has 1 aliphatic heterocycles. The lowest BCUT2D eigenvalue weighted by molar-refractivity contribution is -0.387. The Morgan fingerprint density at radius 3 is 2.90 bits per heavy atom. The van der Waals surface area contributed by atoms with Crippen molar-refractivity contribution >= 4 is 34.3 Å². The number of nitro groups is 1. The van der Waals surface area contributed by atoms with Crippen LogP contribution in [0.2, 0.25) is 0 Å². The Balaban J connectivity index is 1.41. The van der Waals surface area contributed by atoms with Crippen molar-refractivity contribution in [1.82, 2.24) is 0 Å². The predicted molar refractivity (Wildman–Crippen MR) is 113 cm³/mol. The zero-order valence-electron chi connectivity index (χ0n) is 15.8. The lowest BCUT2D eigenvalue weighted by atomic mass is 10.1. The highest BCUT2D eigenvalue weighted by Gasteiger charge is 2.20. The highest BCUT2D eigenvalue weighted by molar-refractivity contribution is 7.10. The molecule has 154 valence electrons. The van der Waals surface area contributed by atoms with Crippen molar-refractivity contribution in [2.45, 2.75) is 13.0 Å². The molecule has 3 aromatic rings. The fourth-order valence-corrected chi connectivity index (χ4v) is 4.26. The molecule has 1 amide bonds. The monoisotopic (exact) mass is 427 g/mol. The number of ether oxygens (including phenoxy) is 1. The van der Waals surface area contributed by atoms with Gasteiger partial charge in [-0.05, 0) is 41.6 Å². The Hall–Kier alpha value is -3.46. The fraction of sp³-hybridized carbons (Fsp3) is 0.190. The van der Waals surface area contributed by atoms with Gasteiger partial charge in [-0.2, -0.15) is 4.39 Å². The van der Waals surface area contributed by atoms with E-state index < -0.39 is 22.3 Å². The first-order valence-corrected chi connectivity index (χ1v) is 10.1. The zero-order valence-corrected chi connectivity index (χ0v) is 16.7. The number of nitrogens with one attached hydrogen (secondary N) is 1. The maximum absolute atomic E-state index is 13.7. The normalized spacial score (nSPS) is 12.9. The molecule has 1 N–H and O–H groups in total. The summed E-state index contributed by atoms with van der Waals surface area (Å²) in [5.41, 5.74) is 2.25. The molecule has 0 bridgehead atoms. The van der Waals surface area contributed by atoms with Crippen LogP contribution in [-0.4, -0.2) is 24.0 Å². The van der Waals surface area contributed by atoms with Crippen molar-refractivity contribution < 1.29 is 18.8 Å². The number of carbonyl (C=O) groups is 1. The number of nitrogens with zero attached hydrogens (tertiary/aromatic N) is 2. The standard InChI is InChI=1S/C21H18FN3O4S/c22-16-11-15(5-6-18(16)25(27)28)29-13-21(26)23-17-3-1-2-4-19(17)24-9-7-20-14(12-24)8-10-30-20/h1-6,8,10-11H,7,9,12-13H2,(H,23,26). The molecule has 0 fully saturated rings. The summed E-state index contributed by atoms with van der Waals surface area (Å²) in [5, 5.41) is 15.6.